The first-order valence-corrected chi connectivity index (χ1v) is 8.29. The molecule has 4 fully saturated rings. The van der Waals surface area contributed by atoms with Crippen LogP contribution in [-0.4, -0.2) is 48.1 Å². The van der Waals surface area contributed by atoms with Crippen LogP contribution in [0.1, 0.15) is 51.9 Å². The molecule has 0 aromatic heterocycles. The predicted octanol–water partition coefficient (Wildman–Crippen LogP) is 2.74. The molecule has 0 aromatic rings. The van der Waals surface area contributed by atoms with E-state index in [0.29, 0.717) is 0 Å². The Morgan fingerprint density at radius 3 is 2.61 bits per heavy atom. The van der Waals surface area contributed by atoms with Crippen molar-refractivity contribution < 1.29 is 0 Å². The molecule has 0 bridgehead atoms. The quantitative estimate of drug-likeness (QED) is 0.755. The second-order valence-corrected chi connectivity index (χ2v) is 7.42. The summed E-state index contributed by atoms with van der Waals surface area (Å²) in [6, 6.07) is 1.76. The van der Waals surface area contributed by atoms with E-state index in [1.54, 1.807) is 25.7 Å². The van der Waals surface area contributed by atoms with Crippen LogP contribution in [-0.2, 0) is 0 Å². The van der Waals surface area contributed by atoms with Crippen molar-refractivity contribution in [2.24, 2.45) is 11.3 Å². The highest BCUT2D eigenvalue weighted by Crippen LogP contribution is 2.61. The highest BCUT2D eigenvalue weighted by Gasteiger charge is 2.55. The molecule has 2 saturated carbocycles. The summed E-state index contributed by atoms with van der Waals surface area (Å²) in [5.74, 6) is 1.12. The van der Waals surface area contributed by atoms with Crippen molar-refractivity contribution >= 4 is 0 Å². The molecule has 18 heavy (non-hydrogen) atoms. The zero-order valence-corrected chi connectivity index (χ0v) is 11.9. The Labute approximate surface area is 112 Å². The van der Waals surface area contributed by atoms with E-state index in [9.17, 15) is 0 Å². The van der Waals surface area contributed by atoms with Crippen molar-refractivity contribution in [1.82, 2.24) is 9.80 Å². The van der Waals surface area contributed by atoms with Gasteiger partial charge in [0.1, 0.15) is 0 Å². The van der Waals surface area contributed by atoms with Crippen molar-refractivity contribution in [3.8, 4) is 0 Å². The number of rotatable bonds is 4. The highest BCUT2D eigenvalue weighted by molar-refractivity contribution is 5.07. The molecule has 0 aromatic carbocycles. The fraction of sp³-hybridized carbons (Fsp3) is 1.00. The minimum Gasteiger partial charge on any atom is -0.298 e. The predicted molar refractivity (Wildman–Crippen MR) is 74.6 cm³/mol. The highest BCUT2D eigenvalue weighted by atomic mass is 15.3. The number of hydrogen-bond acceptors (Lipinski definition) is 2. The average Bonchev–Trinajstić information content (AvgIpc) is 3.27. The maximum atomic E-state index is 2.90. The van der Waals surface area contributed by atoms with Crippen LogP contribution in [0.5, 0.6) is 0 Å². The van der Waals surface area contributed by atoms with Crippen LogP contribution in [0.3, 0.4) is 0 Å². The van der Waals surface area contributed by atoms with Gasteiger partial charge in [0, 0.05) is 31.7 Å². The molecule has 0 N–H and O–H groups in total. The van der Waals surface area contributed by atoms with Crippen LogP contribution in [0.15, 0.2) is 0 Å². The maximum absolute atomic E-state index is 2.90. The molecular weight excluding hydrogens is 220 g/mol. The lowest BCUT2D eigenvalue weighted by Crippen LogP contribution is -2.57. The van der Waals surface area contributed by atoms with E-state index in [4.69, 9.17) is 0 Å². The van der Waals surface area contributed by atoms with E-state index in [0.717, 1.165) is 23.4 Å². The second-order valence-electron chi connectivity index (χ2n) is 7.42. The molecule has 102 valence electrons. The summed E-state index contributed by atoms with van der Waals surface area (Å²) in [5.41, 5.74) is 0.800. The van der Waals surface area contributed by atoms with E-state index in [-0.39, 0.29) is 0 Å². The van der Waals surface area contributed by atoms with Gasteiger partial charge in [0.05, 0.1) is 0 Å². The van der Waals surface area contributed by atoms with Crippen LogP contribution in [0.2, 0.25) is 0 Å². The van der Waals surface area contributed by atoms with Gasteiger partial charge in [-0.2, -0.15) is 0 Å². The average molecular weight is 248 g/mol. The standard InChI is InChI=1S/C16H28N2/c1-2-14-10-17-9-3-4-15(17)11-18(14)12-16(7-8-16)13-5-6-13/h13-15H,2-12H2,1H3. The Bertz CT molecular complexity index is 319. The van der Waals surface area contributed by atoms with E-state index in [1.165, 1.54) is 45.4 Å². The summed E-state index contributed by atoms with van der Waals surface area (Å²) in [4.78, 5) is 5.68. The third kappa shape index (κ3) is 1.92. The summed E-state index contributed by atoms with van der Waals surface area (Å²) in [7, 11) is 0. The number of hydrogen-bond donors (Lipinski definition) is 0. The molecule has 0 radical (unpaired) electrons. The number of fused-ring (bicyclic) bond motifs is 1. The SMILES string of the molecule is CCC1CN2CCCC2CN1CC1(C2CC2)CC1. The van der Waals surface area contributed by atoms with Gasteiger partial charge in [0.2, 0.25) is 0 Å². The van der Waals surface area contributed by atoms with Crippen LogP contribution in [0.25, 0.3) is 0 Å². The Balaban J connectivity index is 1.45. The number of piperazine rings is 1. The fourth-order valence-corrected chi connectivity index (χ4v) is 4.69. The molecule has 2 nitrogen and oxygen atoms in total. The van der Waals surface area contributed by atoms with Gasteiger partial charge in [0.15, 0.2) is 0 Å². The summed E-state index contributed by atoms with van der Waals surface area (Å²) in [6.07, 6.45) is 10.4. The van der Waals surface area contributed by atoms with Gasteiger partial charge < -0.3 is 0 Å². The topological polar surface area (TPSA) is 6.48 Å². The Hall–Kier alpha value is -0.0800. The molecule has 2 saturated heterocycles. The number of nitrogens with zero attached hydrogens (tertiary/aromatic N) is 2. The van der Waals surface area contributed by atoms with Crippen LogP contribution in [0, 0.1) is 11.3 Å². The van der Waals surface area contributed by atoms with Crippen LogP contribution in [0.4, 0.5) is 0 Å². The zero-order valence-electron chi connectivity index (χ0n) is 11.9. The van der Waals surface area contributed by atoms with Crippen LogP contribution < -0.4 is 0 Å². The fourth-order valence-electron chi connectivity index (χ4n) is 4.69. The van der Waals surface area contributed by atoms with E-state index in [1.807, 2.05) is 0 Å². The second kappa shape index (κ2) is 4.21. The smallest absolute Gasteiger partial charge is 0.0224 e. The minimum atomic E-state index is 0.800. The Morgan fingerprint density at radius 2 is 1.94 bits per heavy atom. The molecule has 2 atom stereocenters. The van der Waals surface area contributed by atoms with E-state index >= 15 is 0 Å². The normalized spacial score (nSPS) is 39.8. The molecular formula is C16H28N2. The molecule has 0 spiro atoms. The summed E-state index contributed by atoms with van der Waals surface area (Å²) in [5, 5.41) is 0. The molecule has 2 heterocycles. The van der Waals surface area contributed by atoms with Crippen molar-refractivity contribution in [2.75, 3.05) is 26.2 Å². The van der Waals surface area contributed by atoms with Crippen molar-refractivity contribution in [1.29, 1.82) is 0 Å². The largest absolute Gasteiger partial charge is 0.298 e. The van der Waals surface area contributed by atoms with Gasteiger partial charge in [-0.25, -0.2) is 0 Å². The van der Waals surface area contributed by atoms with Gasteiger partial charge in [-0.1, -0.05) is 6.92 Å². The molecule has 0 amide bonds. The Kier molecular flexibility index (Phi) is 2.74. The van der Waals surface area contributed by atoms with Gasteiger partial charge in [-0.15, -0.1) is 0 Å². The van der Waals surface area contributed by atoms with Gasteiger partial charge in [0.25, 0.3) is 0 Å². The maximum Gasteiger partial charge on any atom is 0.0224 e. The molecule has 2 heteroatoms. The molecule has 2 aliphatic carbocycles. The van der Waals surface area contributed by atoms with E-state index < -0.39 is 0 Å². The van der Waals surface area contributed by atoms with Gasteiger partial charge in [-0.3, -0.25) is 9.80 Å². The minimum absolute atomic E-state index is 0.800. The first kappa shape index (κ1) is 11.7. The summed E-state index contributed by atoms with van der Waals surface area (Å²) in [6.45, 7) is 7.96. The van der Waals surface area contributed by atoms with E-state index in [2.05, 4.69) is 16.7 Å². The Morgan fingerprint density at radius 1 is 1.11 bits per heavy atom. The van der Waals surface area contributed by atoms with Gasteiger partial charge >= 0.3 is 0 Å². The first-order chi connectivity index (χ1) is 8.81. The van der Waals surface area contributed by atoms with Crippen molar-refractivity contribution in [2.45, 2.75) is 64.0 Å². The van der Waals surface area contributed by atoms with Crippen molar-refractivity contribution in [3.05, 3.63) is 0 Å². The molecule has 4 rings (SSSR count). The molecule has 2 aliphatic heterocycles. The molecule has 4 aliphatic rings. The third-order valence-corrected chi connectivity index (χ3v) is 6.23. The summed E-state index contributed by atoms with van der Waals surface area (Å²) >= 11 is 0. The summed E-state index contributed by atoms with van der Waals surface area (Å²) < 4.78 is 0. The van der Waals surface area contributed by atoms with Crippen molar-refractivity contribution in [3.63, 3.8) is 0 Å². The lowest BCUT2D eigenvalue weighted by Gasteiger charge is -2.45. The monoisotopic (exact) mass is 248 g/mol. The molecule has 2 unspecified atom stereocenters. The third-order valence-electron chi connectivity index (χ3n) is 6.23. The van der Waals surface area contributed by atoms with Gasteiger partial charge in [-0.05, 0) is 62.8 Å². The van der Waals surface area contributed by atoms with Crippen LogP contribution >= 0.6 is 0 Å². The lowest BCUT2D eigenvalue weighted by molar-refractivity contribution is 0.0318. The lowest BCUT2D eigenvalue weighted by atomic mass is 9.96. The first-order valence-electron chi connectivity index (χ1n) is 8.29. The zero-order chi connectivity index (χ0) is 12.2.